The first-order valence-electron chi connectivity index (χ1n) is 10.9. The van der Waals surface area contributed by atoms with Crippen molar-refractivity contribution in [3.8, 4) is 0 Å². The van der Waals surface area contributed by atoms with Crippen molar-refractivity contribution in [3.63, 3.8) is 0 Å². The summed E-state index contributed by atoms with van der Waals surface area (Å²) in [7, 11) is 0. The molecular formula is C25H33N3O2. The Morgan fingerprint density at radius 1 is 0.933 bits per heavy atom. The molecule has 1 atom stereocenters. The zero-order valence-electron chi connectivity index (χ0n) is 18.1. The van der Waals surface area contributed by atoms with E-state index in [9.17, 15) is 9.59 Å². The van der Waals surface area contributed by atoms with Crippen LogP contribution in [0.4, 0.5) is 0 Å². The molecule has 5 nitrogen and oxygen atoms in total. The zero-order chi connectivity index (χ0) is 21.4. The Morgan fingerprint density at radius 3 is 2.17 bits per heavy atom. The fourth-order valence-corrected chi connectivity index (χ4v) is 3.93. The summed E-state index contributed by atoms with van der Waals surface area (Å²) < 4.78 is 0. The molecule has 0 saturated carbocycles. The van der Waals surface area contributed by atoms with E-state index in [-0.39, 0.29) is 17.4 Å². The molecule has 0 aliphatic carbocycles. The summed E-state index contributed by atoms with van der Waals surface area (Å²) in [5, 5.41) is 6.03. The zero-order valence-corrected chi connectivity index (χ0v) is 18.1. The van der Waals surface area contributed by atoms with Crippen LogP contribution in [0.15, 0.2) is 60.7 Å². The number of hydrogen-bond donors (Lipinski definition) is 2. The summed E-state index contributed by atoms with van der Waals surface area (Å²) >= 11 is 0. The van der Waals surface area contributed by atoms with E-state index in [1.165, 1.54) is 19.3 Å². The Bertz CT molecular complexity index is 815. The number of carbonyl (C=O) groups excluding carboxylic acids is 2. The highest BCUT2D eigenvalue weighted by Gasteiger charge is 2.30. The standard InChI is InChI=1S/C25H33N3O2/c1-25(2,28-16-10-5-11-17-28)19-26-24(30)22(18-20-12-6-3-7-13-20)27-23(29)21-14-8-4-9-15-21/h3-4,6-9,12-15,22H,5,10-11,16-19H2,1-2H3,(H,26,30)(H,27,29). The van der Waals surface area contributed by atoms with Crippen molar-refractivity contribution in [2.45, 2.75) is 51.1 Å². The molecule has 0 spiro atoms. The van der Waals surface area contributed by atoms with Crippen molar-refractivity contribution < 1.29 is 9.59 Å². The molecule has 0 radical (unpaired) electrons. The van der Waals surface area contributed by atoms with Crippen molar-refractivity contribution in [1.29, 1.82) is 0 Å². The molecule has 1 aliphatic rings. The molecule has 1 heterocycles. The van der Waals surface area contributed by atoms with Crippen LogP contribution in [0.2, 0.25) is 0 Å². The van der Waals surface area contributed by atoms with Gasteiger partial charge in [0.05, 0.1) is 0 Å². The normalized spacial score (nSPS) is 15.9. The molecule has 1 saturated heterocycles. The lowest BCUT2D eigenvalue weighted by atomic mass is 9.98. The predicted molar refractivity (Wildman–Crippen MR) is 120 cm³/mol. The fraction of sp³-hybridized carbons (Fsp3) is 0.440. The molecular weight excluding hydrogens is 374 g/mol. The van der Waals surface area contributed by atoms with E-state index in [1.807, 2.05) is 48.5 Å². The van der Waals surface area contributed by atoms with Gasteiger partial charge < -0.3 is 10.6 Å². The highest BCUT2D eigenvalue weighted by molar-refractivity contribution is 5.97. The molecule has 3 rings (SSSR count). The maximum absolute atomic E-state index is 13.1. The van der Waals surface area contributed by atoms with Gasteiger partial charge in [0.25, 0.3) is 5.91 Å². The quantitative estimate of drug-likeness (QED) is 0.705. The molecule has 1 aliphatic heterocycles. The van der Waals surface area contributed by atoms with E-state index in [4.69, 9.17) is 0 Å². The SMILES string of the molecule is CC(C)(CNC(=O)C(Cc1ccccc1)NC(=O)c1ccccc1)N1CCCCC1. The summed E-state index contributed by atoms with van der Waals surface area (Å²) in [6.45, 7) is 7.04. The van der Waals surface area contributed by atoms with Crippen molar-refractivity contribution in [3.05, 3.63) is 71.8 Å². The second-order valence-corrected chi connectivity index (χ2v) is 8.66. The molecule has 0 bridgehead atoms. The summed E-state index contributed by atoms with van der Waals surface area (Å²) in [6.07, 6.45) is 4.15. The van der Waals surface area contributed by atoms with Crippen LogP contribution in [0.3, 0.4) is 0 Å². The number of piperidine rings is 1. The smallest absolute Gasteiger partial charge is 0.251 e. The third-order valence-corrected chi connectivity index (χ3v) is 5.85. The monoisotopic (exact) mass is 407 g/mol. The van der Waals surface area contributed by atoms with Gasteiger partial charge in [-0.1, -0.05) is 55.0 Å². The van der Waals surface area contributed by atoms with Gasteiger partial charge in [0, 0.05) is 24.1 Å². The number of likely N-dealkylation sites (tertiary alicyclic amines) is 1. The number of amides is 2. The van der Waals surface area contributed by atoms with Gasteiger partial charge in [0.15, 0.2) is 0 Å². The van der Waals surface area contributed by atoms with Crippen molar-refractivity contribution in [2.75, 3.05) is 19.6 Å². The highest BCUT2D eigenvalue weighted by atomic mass is 16.2. The second-order valence-electron chi connectivity index (χ2n) is 8.66. The first-order valence-corrected chi connectivity index (χ1v) is 10.9. The molecule has 2 amide bonds. The molecule has 2 aromatic carbocycles. The Labute approximate surface area is 179 Å². The van der Waals surface area contributed by atoms with Crippen LogP contribution in [0.5, 0.6) is 0 Å². The number of rotatable bonds is 8. The van der Waals surface area contributed by atoms with Crippen LogP contribution in [0.1, 0.15) is 49.0 Å². The van der Waals surface area contributed by atoms with Gasteiger partial charge in [0.2, 0.25) is 5.91 Å². The summed E-state index contributed by atoms with van der Waals surface area (Å²) in [4.78, 5) is 28.2. The Balaban J connectivity index is 1.67. The van der Waals surface area contributed by atoms with Crippen LogP contribution in [0.25, 0.3) is 0 Å². The Kier molecular flexibility index (Phi) is 7.63. The number of benzene rings is 2. The van der Waals surface area contributed by atoms with Gasteiger partial charge in [-0.25, -0.2) is 0 Å². The minimum absolute atomic E-state index is 0.114. The minimum Gasteiger partial charge on any atom is -0.352 e. The largest absolute Gasteiger partial charge is 0.352 e. The van der Waals surface area contributed by atoms with Crippen LogP contribution in [0, 0.1) is 0 Å². The van der Waals surface area contributed by atoms with Gasteiger partial charge in [-0.05, 0) is 57.5 Å². The summed E-state index contributed by atoms with van der Waals surface area (Å²) in [5.74, 6) is -0.379. The summed E-state index contributed by atoms with van der Waals surface area (Å²) in [5.41, 5.74) is 1.45. The highest BCUT2D eigenvalue weighted by Crippen LogP contribution is 2.20. The molecule has 30 heavy (non-hydrogen) atoms. The maximum atomic E-state index is 13.1. The third-order valence-electron chi connectivity index (χ3n) is 5.85. The lowest BCUT2D eigenvalue weighted by molar-refractivity contribution is -0.123. The molecule has 2 aromatic rings. The Morgan fingerprint density at radius 2 is 1.53 bits per heavy atom. The van der Waals surface area contributed by atoms with Gasteiger partial charge in [0.1, 0.15) is 6.04 Å². The topological polar surface area (TPSA) is 61.4 Å². The molecule has 2 N–H and O–H groups in total. The first kappa shape index (κ1) is 22.0. The molecule has 1 fully saturated rings. The average molecular weight is 408 g/mol. The van der Waals surface area contributed by atoms with Crippen LogP contribution >= 0.6 is 0 Å². The van der Waals surface area contributed by atoms with Gasteiger partial charge >= 0.3 is 0 Å². The van der Waals surface area contributed by atoms with Crippen LogP contribution in [-0.2, 0) is 11.2 Å². The first-order chi connectivity index (χ1) is 14.5. The minimum atomic E-state index is -0.628. The lowest BCUT2D eigenvalue weighted by Crippen LogP contribution is -2.56. The number of hydrogen-bond acceptors (Lipinski definition) is 3. The lowest BCUT2D eigenvalue weighted by Gasteiger charge is -2.41. The number of nitrogens with one attached hydrogen (secondary N) is 2. The van der Waals surface area contributed by atoms with Gasteiger partial charge in [-0.2, -0.15) is 0 Å². The fourth-order valence-electron chi connectivity index (χ4n) is 3.93. The summed E-state index contributed by atoms with van der Waals surface area (Å²) in [6, 6.07) is 18.2. The van der Waals surface area contributed by atoms with E-state index in [2.05, 4.69) is 29.4 Å². The van der Waals surface area contributed by atoms with Gasteiger partial charge in [-0.3, -0.25) is 14.5 Å². The average Bonchev–Trinajstić information content (AvgIpc) is 2.79. The van der Waals surface area contributed by atoms with E-state index in [1.54, 1.807) is 12.1 Å². The van der Waals surface area contributed by atoms with Crippen molar-refractivity contribution in [1.82, 2.24) is 15.5 Å². The molecule has 160 valence electrons. The molecule has 5 heteroatoms. The third kappa shape index (κ3) is 6.17. The van der Waals surface area contributed by atoms with Crippen LogP contribution in [-0.4, -0.2) is 47.9 Å². The molecule has 0 aromatic heterocycles. The number of carbonyl (C=O) groups is 2. The number of nitrogens with zero attached hydrogens (tertiary/aromatic N) is 1. The predicted octanol–water partition coefficient (Wildman–Crippen LogP) is 3.41. The van der Waals surface area contributed by atoms with E-state index >= 15 is 0 Å². The van der Waals surface area contributed by atoms with E-state index in [0.717, 1.165) is 18.7 Å². The van der Waals surface area contributed by atoms with Crippen molar-refractivity contribution >= 4 is 11.8 Å². The maximum Gasteiger partial charge on any atom is 0.251 e. The second kappa shape index (κ2) is 10.4. The van der Waals surface area contributed by atoms with E-state index < -0.39 is 6.04 Å². The van der Waals surface area contributed by atoms with Crippen molar-refractivity contribution in [2.24, 2.45) is 0 Å². The Hall–Kier alpha value is -2.66. The van der Waals surface area contributed by atoms with E-state index in [0.29, 0.717) is 18.5 Å². The van der Waals surface area contributed by atoms with Gasteiger partial charge in [-0.15, -0.1) is 0 Å². The molecule has 1 unspecified atom stereocenters. The van der Waals surface area contributed by atoms with Crippen LogP contribution < -0.4 is 10.6 Å².